The van der Waals surface area contributed by atoms with Crippen molar-refractivity contribution in [2.45, 2.75) is 103 Å². The highest BCUT2D eigenvalue weighted by Gasteiger charge is 2.45. The van der Waals surface area contributed by atoms with E-state index in [2.05, 4.69) is 0 Å². The van der Waals surface area contributed by atoms with Gasteiger partial charge in [0.15, 0.2) is 0 Å². The molecule has 0 atom stereocenters. The third kappa shape index (κ3) is 14.6. The number of ketones is 2. The molecule has 16 nitrogen and oxygen atoms in total. The highest BCUT2D eigenvalue weighted by molar-refractivity contribution is 5.82. The Bertz CT molecular complexity index is 903. The van der Waals surface area contributed by atoms with Gasteiger partial charge in [-0.3, -0.25) is 38.6 Å². The second-order valence-corrected chi connectivity index (χ2v) is 13.7. The lowest BCUT2D eigenvalue weighted by molar-refractivity contribution is -0.237. The second kappa shape index (κ2) is 16.3. The molecule has 254 valence electrons. The van der Waals surface area contributed by atoms with Crippen LogP contribution in [0.3, 0.4) is 0 Å². The van der Waals surface area contributed by atoms with Crippen LogP contribution in [0.1, 0.15) is 81.1 Å². The molecule has 0 aromatic carbocycles. The second-order valence-electron chi connectivity index (χ2n) is 13.7. The Balaban J connectivity index is 0.000000663. The highest BCUT2D eigenvalue weighted by Crippen LogP contribution is 2.35. The molecular formula is C28H50N4O12. The van der Waals surface area contributed by atoms with E-state index in [-0.39, 0.29) is 24.7 Å². The first-order valence-corrected chi connectivity index (χ1v) is 14.1. The summed E-state index contributed by atoms with van der Waals surface area (Å²) in [5.41, 5.74) is -1.67. The Kier molecular flexibility index (Phi) is 15.2. The van der Waals surface area contributed by atoms with Crippen LogP contribution in [0.25, 0.3) is 0 Å². The summed E-state index contributed by atoms with van der Waals surface area (Å²) in [6.45, 7) is 12.8. The quantitative estimate of drug-likeness (QED) is 0.187. The maximum atomic E-state index is 11.3. The van der Waals surface area contributed by atoms with Crippen LogP contribution in [-0.4, -0.2) is 148 Å². The average Bonchev–Trinajstić information content (AvgIpc) is 2.77. The van der Waals surface area contributed by atoms with E-state index in [1.807, 2.05) is 55.4 Å². The van der Waals surface area contributed by atoms with Crippen molar-refractivity contribution in [3.63, 3.8) is 0 Å². The van der Waals surface area contributed by atoms with E-state index < -0.39 is 72.2 Å². The van der Waals surface area contributed by atoms with Crippen molar-refractivity contribution in [3.05, 3.63) is 0 Å². The monoisotopic (exact) mass is 634 g/mol. The number of hydroxylamine groups is 4. The third-order valence-electron chi connectivity index (χ3n) is 6.98. The van der Waals surface area contributed by atoms with Crippen LogP contribution in [-0.2, 0) is 28.8 Å². The number of hydrogen-bond acceptors (Lipinski definition) is 12. The summed E-state index contributed by atoms with van der Waals surface area (Å²) in [5, 5.41) is 56.6. The fourth-order valence-corrected chi connectivity index (χ4v) is 5.47. The van der Waals surface area contributed by atoms with Gasteiger partial charge in [-0.05, 0) is 55.4 Å². The minimum absolute atomic E-state index is 0.0703. The van der Waals surface area contributed by atoms with Crippen molar-refractivity contribution in [1.82, 2.24) is 19.9 Å². The number of carboxylic acids is 4. The number of rotatable bonds is 11. The zero-order chi connectivity index (χ0) is 34.8. The first-order chi connectivity index (χ1) is 19.7. The van der Waals surface area contributed by atoms with Gasteiger partial charge in [-0.2, -0.15) is 10.1 Å². The van der Waals surface area contributed by atoms with E-state index in [0.29, 0.717) is 25.7 Å². The summed E-state index contributed by atoms with van der Waals surface area (Å²) in [5.74, 6) is -4.45. The molecule has 44 heavy (non-hydrogen) atoms. The molecule has 2 aliphatic rings. The van der Waals surface area contributed by atoms with Crippen LogP contribution in [0, 0.1) is 0 Å². The lowest BCUT2D eigenvalue weighted by atomic mass is 9.81. The van der Waals surface area contributed by atoms with Crippen molar-refractivity contribution >= 4 is 35.4 Å². The minimum Gasteiger partial charge on any atom is -0.480 e. The van der Waals surface area contributed by atoms with Gasteiger partial charge in [-0.15, -0.1) is 0 Å². The van der Waals surface area contributed by atoms with Crippen molar-refractivity contribution in [2.24, 2.45) is 0 Å². The van der Waals surface area contributed by atoms with Crippen LogP contribution in [0.15, 0.2) is 0 Å². The molecule has 2 heterocycles. The molecule has 0 saturated carbocycles. The molecule has 2 fully saturated rings. The van der Waals surface area contributed by atoms with E-state index in [0.717, 1.165) is 9.80 Å². The molecule has 2 rings (SSSR count). The predicted molar refractivity (Wildman–Crippen MR) is 155 cm³/mol. The lowest BCUT2D eigenvalue weighted by Crippen LogP contribution is -2.59. The van der Waals surface area contributed by atoms with Gasteiger partial charge >= 0.3 is 23.9 Å². The van der Waals surface area contributed by atoms with Gasteiger partial charge in [-0.25, -0.2) is 0 Å². The summed E-state index contributed by atoms with van der Waals surface area (Å²) < 4.78 is 0. The topological polar surface area (TPSA) is 237 Å². The highest BCUT2D eigenvalue weighted by atomic mass is 16.5. The van der Waals surface area contributed by atoms with E-state index in [1.54, 1.807) is 0 Å². The first kappa shape index (κ1) is 41.0. The Morgan fingerprint density at radius 3 is 0.864 bits per heavy atom. The van der Waals surface area contributed by atoms with E-state index in [4.69, 9.17) is 20.4 Å². The molecule has 2 saturated heterocycles. The van der Waals surface area contributed by atoms with Gasteiger partial charge < -0.3 is 30.8 Å². The molecule has 0 radical (unpaired) electrons. The van der Waals surface area contributed by atoms with Gasteiger partial charge in [0, 0.05) is 60.9 Å². The largest absolute Gasteiger partial charge is 0.480 e. The van der Waals surface area contributed by atoms with Crippen molar-refractivity contribution in [2.75, 3.05) is 39.3 Å². The summed E-state index contributed by atoms with van der Waals surface area (Å²) >= 11 is 0. The molecule has 0 unspecified atom stereocenters. The zero-order valence-corrected chi connectivity index (χ0v) is 27.0. The van der Waals surface area contributed by atoms with Crippen molar-refractivity contribution in [3.8, 4) is 0 Å². The van der Waals surface area contributed by atoms with Crippen LogP contribution in [0.2, 0.25) is 0 Å². The van der Waals surface area contributed by atoms with Crippen molar-refractivity contribution in [1.29, 1.82) is 0 Å². The summed E-state index contributed by atoms with van der Waals surface area (Å²) in [4.78, 5) is 67.0. The Labute approximate surface area is 257 Å². The molecular weight excluding hydrogens is 584 g/mol. The molecule has 0 spiro atoms. The molecule has 0 aliphatic carbocycles. The number of carbonyl (C=O) groups excluding carboxylic acids is 2. The fourth-order valence-electron chi connectivity index (χ4n) is 5.47. The van der Waals surface area contributed by atoms with E-state index in [1.165, 1.54) is 10.1 Å². The predicted octanol–water partition coefficient (Wildman–Crippen LogP) is 1.12. The Morgan fingerprint density at radius 2 is 0.705 bits per heavy atom. The number of carboxylic acid groups (broad SMARTS) is 4. The van der Waals surface area contributed by atoms with Crippen LogP contribution >= 0.6 is 0 Å². The molecule has 0 bridgehead atoms. The molecule has 16 heteroatoms. The number of nitrogens with zero attached hydrogens (tertiary/aromatic N) is 4. The normalized spacial score (nSPS) is 20.6. The summed E-state index contributed by atoms with van der Waals surface area (Å²) in [6.07, 6.45) is 1.75. The lowest BCUT2D eigenvalue weighted by Gasteiger charge is -2.47. The Hall–Kier alpha value is -3.02. The molecule has 2 aliphatic heterocycles. The van der Waals surface area contributed by atoms with Gasteiger partial charge in [0.05, 0.1) is 26.2 Å². The van der Waals surface area contributed by atoms with Gasteiger partial charge in [0.2, 0.25) is 0 Å². The zero-order valence-electron chi connectivity index (χ0n) is 27.0. The summed E-state index contributed by atoms with van der Waals surface area (Å²) in [6, 6.07) is 0. The summed E-state index contributed by atoms with van der Waals surface area (Å²) in [7, 11) is 0. The average molecular weight is 635 g/mol. The van der Waals surface area contributed by atoms with Crippen molar-refractivity contribution < 1.29 is 59.6 Å². The third-order valence-corrected chi connectivity index (χ3v) is 6.98. The van der Waals surface area contributed by atoms with E-state index in [9.17, 15) is 39.2 Å². The van der Waals surface area contributed by atoms with Crippen LogP contribution in [0.5, 0.6) is 0 Å². The maximum absolute atomic E-state index is 11.3. The molecule has 0 amide bonds. The van der Waals surface area contributed by atoms with Gasteiger partial charge in [-0.1, -0.05) is 0 Å². The van der Waals surface area contributed by atoms with Crippen LogP contribution < -0.4 is 0 Å². The number of hydrogen-bond donors (Lipinski definition) is 6. The standard InChI is InChI=1S/C10H16N2O8.2C9H17NO2/c13-7(14)3-11(4-8(15)16)1-2-12(5-9(17)18)6-10(19)20;2*1-8(2)5-7(11)6-9(3,4)10(8)12/h1-6H2,(H,13,14)(H,15,16)(H,17,18)(H,19,20);2*12H,5-6H2,1-4H3. The molecule has 0 aromatic heterocycles. The van der Waals surface area contributed by atoms with E-state index >= 15 is 0 Å². The molecule has 6 N–H and O–H groups in total. The SMILES string of the molecule is CC1(C)CC(=O)CC(C)(C)N1O.CC1(C)CC(=O)CC(C)(C)N1O.O=C(O)CN(CCN(CC(=O)O)CC(=O)O)CC(=O)O. The minimum atomic E-state index is -1.23. The first-order valence-electron chi connectivity index (χ1n) is 14.1. The number of aliphatic carboxylic acids is 4. The smallest absolute Gasteiger partial charge is 0.317 e. The van der Waals surface area contributed by atoms with Gasteiger partial charge in [0.1, 0.15) is 11.6 Å². The number of Topliss-reactive ketones (excluding diaryl/α,β-unsaturated/α-hetero) is 2. The maximum Gasteiger partial charge on any atom is 0.317 e. The van der Waals surface area contributed by atoms with Crippen LogP contribution in [0.4, 0.5) is 0 Å². The Morgan fingerprint density at radius 1 is 0.523 bits per heavy atom. The number of piperidine rings is 2. The fraction of sp³-hybridized carbons (Fsp3) is 0.786. The number of carbonyl (C=O) groups is 6. The van der Waals surface area contributed by atoms with Gasteiger partial charge in [0.25, 0.3) is 0 Å². The molecule has 0 aromatic rings.